The van der Waals surface area contributed by atoms with Gasteiger partial charge in [-0.25, -0.2) is 0 Å². The Morgan fingerprint density at radius 2 is 2.14 bits per heavy atom. The van der Waals surface area contributed by atoms with E-state index in [2.05, 4.69) is 6.58 Å². The number of allylic oxidation sites excluding steroid dienone is 1. The van der Waals surface area contributed by atoms with Crippen molar-refractivity contribution in [3.8, 4) is 5.75 Å². The van der Waals surface area contributed by atoms with Crippen LogP contribution in [0.15, 0.2) is 30.9 Å². The van der Waals surface area contributed by atoms with Gasteiger partial charge < -0.3 is 4.43 Å². The molecule has 1 radical (unpaired) electrons. The average molecular weight is 267 g/mol. The van der Waals surface area contributed by atoms with Crippen molar-refractivity contribution >= 4 is 41.4 Å². The Balaban J connectivity index is 2.95. The molecule has 0 amide bonds. The molecule has 0 aliphatic carbocycles. The first-order chi connectivity index (χ1) is 6.63. The van der Waals surface area contributed by atoms with Crippen molar-refractivity contribution in [1.82, 2.24) is 0 Å². The second kappa shape index (κ2) is 5.66. The highest BCUT2D eigenvalue weighted by molar-refractivity contribution is 7.31. The molecular formula is C9H8Cl3OSi. The number of hydrogen-bond donors (Lipinski definition) is 0. The average Bonchev–Trinajstić information content (AvgIpc) is 2.09. The molecule has 1 aromatic rings. The molecule has 0 atom stereocenters. The van der Waals surface area contributed by atoms with Crippen LogP contribution in [0.1, 0.15) is 5.56 Å². The second-order valence-electron chi connectivity index (χ2n) is 2.57. The summed E-state index contributed by atoms with van der Waals surface area (Å²) in [5.41, 5.74) is 0.941. The number of hydrogen-bond acceptors (Lipinski definition) is 1. The summed E-state index contributed by atoms with van der Waals surface area (Å²) in [6.45, 7) is 3.65. The van der Waals surface area contributed by atoms with Gasteiger partial charge in [0.15, 0.2) is 0 Å². The normalized spacial score (nSPS) is 10.3. The third-order valence-electron chi connectivity index (χ3n) is 1.57. The van der Waals surface area contributed by atoms with Gasteiger partial charge in [0, 0.05) is 5.02 Å². The van der Waals surface area contributed by atoms with Crippen molar-refractivity contribution in [2.24, 2.45) is 0 Å². The summed E-state index contributed by atoms with van der Waals surface area (Å²) in [4.78, 5) is 0. The van der Waals surface area contributed by atoms with Crippen molar-refractivity contribution in [3.63, 3.8) is 0 Å². The summed E-state index contributed by atoms with van der Waals surface area (Å²) in [6, 6.07) is 5.32. The molecule has 1 aromatic carbocycles. The maximum absolute atomic E-state index is 5.84. The van der Waals surface area contributed by atoms with Crippen LogP contribution in [0.4, 0.5) is 0 Å². The molecule has 1 rings (SSSR count). The SMILES string of the molecule is C=CCc1cc(Cl)ccc1O[Si](Cl)Cl. The zero-order valence-corrected chi connectivity index (χ0v) is 10.5. The van der Waals surface area contributed by atoms with Gasteiger partial charge in [-0.3, -0.25) is 0 Å². The summed E-state index contributed by atoms with van der Waals surface area (Å²) >= 11 is 17.1. The largest absolute Gasteiger partial charge is 0.517 e. The van der Waals surface area contributed by atoms with E-state index in [-0.39, 0.29) is 0 Å². The van der Waals surface area contributed by atoms with Gasteiger partial charge in [-0.1, -0.05) is 39.8 Å². The van der Waals surface area contributed by atoms with Gasteiger partial charge in [0.25, 0.3) is 0 Å². The summed E-state index contributed by atoms with van der Waals surface area (Å²) in [5, 5.41) is 0.659. The molecule has 75 valence electrons. The summed E-state index contributed by atoms with van der Waals surface area (Å²) in [7, 11) is -1.77. The van der Waals surface area contributed by atoms with Crippen LogP contribution in [0.2, 0.25) is 5.02 Å². The summed E-state index contributed by atoms with van der Waals surface area (Å²) in [5.74, 6) is 0.674. The van der Waals surface area contributed by atoms with E-state index in [0.717, 1.165) is 5.56 Å². The molecule has 0 N–H and O–H groups in total. The standard InChI is InChI=1S/C9H8Cl3OSi/c1-2-3-7-6-8(10)4-5-9(7)13-14(11)12/h2,4-6H,1,3H2. The van der Waals surface area contributed by atoms with E-state index < -0.39 is 7.66 Å². The molecule has 0 heterocycles. The fourth-order valence-corrected chi connectivity index (χ4v) is 2.10. The molecule has 0 aliphatic rings. The third-order valence-corrected chi connectivity index (χ3v) is 2.65. The molecule has 0 bridgehead atoms. The lowest BCUT2D eigenvalue weighted by molar-refractivity contribution is 0.596. The predicted octanol–water partition coefficient (Wildman–Crippen LogP) is 3.91. The van der Waals surface area contributed by atoms with E-state index in [0.29, 0.717) is 17.2 Å². The molecule has 5 heteroatoms. The van der Waals surface area contributed by atoms with Gasteiger partial charge in [-0.2, -0.15) is 0 Å². The highest BCUT2D eigenvalue weighted by atomic mass is 35.7. The molecule has 14 heavy (non-hydrogen) atoms. The number of rotatable bonds is 4. The van der Waals surface area contributed by atoms with Crippen LogP contribution in [-0.4, -0.2) is 7.66 Å². The van der Waals surface area contributed by atoms with Gasteiger partial charge in [0.2, 0.25) is 0 Å². The van der Waals surface area contributed by atoms with Crippen LogP contribution < -0.4 is 4.43 Å². The monoisotopic (exact) mass is 265 g/mol. The van der Waals surface area contributed by atoms with E-state index >= 15 is 0 Å². The van der Waals surface area contributed by atoms with Crippen LogP contribution in [-0.2, 0) is 6.42 Å². The Morgan fingerprint density at radius 1 is 1.43 bits per heavy atom. The van der Waals surface area contributed by atoms with Crippen molar-refractivity contribution in [2.75, 3.05) is 0 Å². The lowest BCUT2D eigenvalue weighted by atomic mass is 10.1. The minimum absolute atomic E-state index is 0.659. The van der Waals surface area contributed by atoms with Crippen LogP contribution in [0.5, 0.6) is 5.75 Å². The lowest BCUT2D eigenvalue weighted by Gasteiger charge is -2.09. The van der Waals surface area contributed by atoms with Crippen molar-refractivity contribution in [2.45, 2.75) is 6.42 Å². The van der Waals surface area contributed by atoms with E-state index in [4.69, 9.17) is 38.2 Å². The minimum Gasteiger partial charge on any atom is -0.517 e. The fourth-order valence-electron chi connectivity index (χ4n) is 1.05. The first kappa shape index (κ1) is 11.9. The Labute approximate surface area is 99.4 Å². The Hall–Kier alpha value is -0.153. The first-order valence-corrected chi connectivity index (χ1v) is 7.69. The van der Waals surface area contributed by atoms with Gasteiger partial charge in [-0.05, 0) is 30.2 Å². The van der Waals surface area contributed by atoms with Gasteiger partial charge in [0.05, 0.1) is 0 Å². The van der Waals surface area contributed by atoms with E-state index in [9.17, 15) is 0 Å². The Morgan fingerprint density at radius 3 is 2.71 bits per heavy atom. The van der Waals surface area contributed by atoms with E-state index in [1.807, 2.05) is 6.07 Å². The van der Waals surface area contributed by atoms with Gasteiger partial charge >= 0.3 is 7.66 Å². The van der Waals surface area contributed by atoms with Gasteiger partial charge in [-0.15, -0.1) is 6.58 Å². The summed E-state index contributed by atoms with van der Waals surface area (Å²) in [6.07, 6.45) is 2.45. The van der Waals surface area contributed by atoms with Crippen molar-refractivity contribution < 1.29 is 4.43 Å². The van der Waals surface area contributed by atoms with E-state index in [1.165, 1.54) is 0 Å². The fraction of sp³-hybridized carbons (Fsp3) is 0.111. The minimum atomic E-state index is -1.77. The summed E-state index contributed by atoms with van der Waals surface area (Å²) < 4.78 is 5.28. The highest BCUT2D eigenvalue weighted by Gasteiger charge is 2.10. The third kappa shape index (κ3) is 3.54. The molecule has 0 aliphatic heterocycles. The van der Waals surface area contributed by atoms with Crippen LogP contribution >= 0.6 is 33.8 Å². The molecule has 0 unspecified atom stereocenters. The van der Waals surface area contributed by atoms with Crippen molar-refractivity contribution in [1.29, 1.82) is 0 Å². The quantitative estimate of drug-likeness (QED) is 0.456. The lowest BCUT2D eigenvalue weighted by Crippen LogP contribution is -2.07. The maximum Gasteiger partial charge on any atom is 0.511 e. The maximum atomic E-state index is 5.84. The topological polar surface area (TPSA) is 9.23 Å². The number of benzene rings is 1. The zero-order chi connectivity index (χ0) is 10.6. The molecule has 0 saturated heterocycles. The van der Waals surface area contributed by atoms with Crippen LogP contribution in [0.25, 0.3) is 0 Å². The first-order valence-electron chi connectivity index (χ1n) is 3.88. The Kier molecular flexibility index (Phi) is 4.82. The van der Waals surface area contributed by atoms with Gasteiger partial charge in [0.1, 0.15) is 5.75 Å². The molecule has 1 nitrogen and oxygen atoms in total. The van der Waals surface area contributed by atoms with Crippen LogP contribution in [0.3, 0.4) is 0 Å². The number of halogens is 3. The van der Waals surface area contributed by atoms with Crippen molar-refractivity contribution in [3.05, 3.63) is 41.4 Å². The van der Waals surface area contributed by atoms with E-state index in [1.54, 1.807) is 18.2 Å². The Bertz CT molecular complexity index is 328. The predicted molar refractivity (Wildman–Crippen MR) is 63.4 cm³/mol. The molecule has 0 fully saturated rings. The molecule has 0 spiro atoms. The van der Waals surface area contributed by atoms with Crippen LogP contribution in [0, 0.1) is 0 Å². The second-order valence-corrected chi connectivity index (χ2v) is 6.30. The molecular weight excluding hydrogens is 259 g/mol. The molecule has 0 saturated carbocycles. The smallest absolute Gasteiger partial charge is 0.511 e. The zero-order valence-electron chi connectivity index (χ0n) is 7.27. The molecule has 0 aromatic heterocycles. The highest BCUT2D eigenvalue weighted by Crippen LogP contribution is 2.25.